The van der Waals surface area contributed by atoms with Crippen molar-refractivity contribution in [2.24, 2.45) is 0 Å². The van der Waals surface area contributed by atoms with E-state index in [9.17, 15) is 0 Å². The second-order valence-corrected chi connectivity index (χ2v) is 7.72. The number of hydrogen-bond acceptors (Lipinski definition) is 3. The van der Waals surface area contributed by atoms with Gasteiger partial charge in [0.1, 0.15) is 11.6 Å². The Hall–Kier alpha value is -1.52. The van der Waals surface area contributed by atoms with E-state index >= 15 is 0 Å². The van der Waals surface area contributed by atoms with E-state index in [-0.39, 0.29) is 5.41 Å². The van der Waals surface area contributed by atoms with Crippen molar-refractivity contribution >= 4 is 33.3 Å². The molecule has 0 saturated heterocycles. The Morgan fingerprint density at radius 2 is 1.96 bits per heavy atom. The highest BCUT2D eigenvalue weighted by atomic mass is 79.9. The molecule has 1 aromatic carbocycles. The highest BCUT2D eigenvalue weighted by molar-refractivity contribution is 9.10. The lowest BCUT2D eigenvalue weighted by Gasteiger charge is -2.25. The van der Waals surface area contributed by atoms with Crippen molar-refractivity contribution in [1.29, 1.82) is 0 Å². The first-order chi connectivity index (χ1) is 11.6. The fraction of sp³-hybridized carbons (Fsp3) is 0.316. The summed E-state index contributed by atoms with van der Waals surface area (Å²) in [6.07, 6.45) is 8.38. The molecule has 0 unspecified atom stereocenters. The Bertz CT molecular complexity index is 796. The van der Waals surface area contributed by atoms with E-state index in [4.69, 9.17) is 21.3 Å². The maximum atomic E-state index is 6.66. The number of ether oxygens (including phenoxy) is 1. The minimum absolute atomic E-state index is 0.0651. The third-order valence-corrected chi connectivity index (χ3v) is 6.21. The van der Waals surface area contributed by atoms with Crippen LogP contribution in [0.15, 0.2) is 47.1 Å². The molecule has 0 atom stereocenters. The molecule has 0 saturated carbocycles. The third-order valence-electron chi connectivity index (χ3n) is 4.99. The summed E-state index contributed by atoms with van der Waals surface area (Å²) in [5.41, 5.74) is 2.50. The van der Waals surface area contributed by atoms with Gasteiger partial charge in [-0.2, -0.15) is 0 Å². The highest BCUT2D eigenvalue weighted by Gasteiger charge is 2.45. The molecule has 1 aromatic heterocycles. The van der Waals surface area contributed by atoms with Gasteiger partial charge in [-0.15, -0.1) is 0 Å². The lowest BCUT2D eigenvalue weighted by Crippen LogP contribution is -2.31. The smallest absolute Gasteiger partial charge is 0.134 e. The van der Waals surface area contributed by atoms with Crippen LogP contribution in [-0.4, -0.2) is 18.6 Å². The van der Waals surface area contributed by atoms with E-state index in [0.29, 0.717) is 0 Å². The van der Waals surface area contributed by atoms with E-state index in [2.05, 4.69) is 45.1 Å². The maximum Gasteiger partial charge on any atom is 0.134 e. The molecule has 0 radical (unpaired) electrons. The van der Waals surface area contributed by atoms with Crippen LogP contribution in [0.2, 0.25) is 5.02 Å². The van der Waals surface area contributed by atoms with E-state index in [0.717, 1.165) is 47.0 Å². The van der Waals surface area contributed by atoms with Crippen LogP contribution in [0.4, 0.5) is 5.82 Å². The van der Waals surface area contributed by atoms with Crippen molar-refractivity contribution < 1.29 is 4.74 Å². The zero-order valence-corrected chi connectivity index (χ0v) is 15.8. The number of fused-ring (bicyclic) bond motifs is 2. The molecule has 2 aromatic rings. The number of nitrogens with zero attached hydrogens (tertiary/aromatic N) is 2. The molecule has 0 amide bonds. The quantitative estimate of drug-likeness (QED) is 0.663. The number of hydrogen-bond donors (Lipinski definition) is 0. The largest absolute Gasteiger partial charge is 0.497 e. The second-order valence-electron chi connectivity index (χ2n) is 6.48. The predicted octanol–water partition coefficient (Wildman–Crippen LogP) is 5.11. The third kappa shape index (κ3) is 2.52. The van der Waals surface area contributed by atoms with Gasteiger partial charge in [0.2, 0.25) is 0 Å². The van der Waals surface area contributed by atoms with Gasteiger partial charge in [0.25, 0.3) is 0 Å². The van der Waals surface area contributed by atoms with Crippen LogP contribution in [0.3, 0.4) is 0 Å². The van der Waals surface area contributed by atoms with Crippen LogP contribution in [0.5, 0.6) is 5.75 Å². The number of halogens is 2. The molecule has 1 aliphatic carbocycles. The number of anilines is 1. The molecule has 1 spiro atoms. The van der Waals surface area contributed by atoms with E-state index < -0.39 is 0 Å². The fourth-order valence-electron chi connectivity index (χ4n) is 3.80. The highest BCUT2D eigenvalue weighted by Crippen LogP contribution is 2.51. The number of methoxy groups -OCH3 is 1. The molecule has 24 heavy (non-hydrogen) atoms. The monoisotopic (exact) mass is 404 g/mol. The molecular weight excluding hydrogens is 388 g/mol. The van der Waals surface area contributed by atoms with Crippen LogP contribution < -0.4 is 9.64 Å². The van der Waals surface area contributed by atoms with Crippen LogP contribution in [0, 0.1) is 0 Å². The van der Waals surface area contributed by atoms with Crippen LogP contribution in [0.25, 0.3) is 0 Å². The van der Waals surface area contributed by atoms with Gasteiger partial charge in [-0.05, 0) is 46.5 Å². The Labute approximate surface area is 155 Å². The zero-order valence-electron chi connectivity index (χ0n) is 13.4. The fourth-order valence-corrected chi connectivity index (χ4v) is 4.44. The van der Waals surface area contributed by atoms with E-state index in [1.54, 1.807) is 7.11 Å². The average Bonchev–Trinajstić information content (AvgIpc) is 3.18. The van der Waals surface area contributed by atoms with Crippen molar-refractivity contribution in [2.45, 2.75) is 24.8 Å². The van der Waals surface area contributed by atoms with E-state index in [1.807, 2.05) is 18.3 Å². The molecule has 2 aliphatic rings. The van der Waals surface area contributed by atoms with Gasteiger partial charge in [0.05, 0.1) is 16.6 Å². The van der Waals surface area contributed by atoms with Gasteiger partial charge < -0.3 is 9.64 Å². The minimum atomic E-state index is 0.0651. The molecule has 0 N–H and O–H groups in total. The molecule has 1 aliphatic heterocycles. The SMILES string of the molecule is COc1ccc(CN2CC3(CC=CC3)c3c2ncc(Br)c3Cl)cc1. The van der Waals surface area contributed by atoms with Crippen molar-refractivity contribution in [3.05, 3.63) is 63.2 Å². The van der Waals surface area contributed by atoms with Gasteiger partial charge in [-0.25, -0.2) is 4.98 Å². The predicted molar refractivity (Wildman–Crippen MR) is 101 cm³/mol. The second kappa shape index (κ2) is 6.08. The van der Waals surface area contributed by atoms with Crippen LogP contribution in [-0.2, 0) is 12.0 Å². The first-order valence-electron chi connectivity index (χ1n) is 8.00. The molecule has 4 rings (SSSR count). The van der Waals surface area contributed by atoms with E-state index in [1.165, 1.54) is 11.1 Å². The summed E-state index contributed by atoms with van der Waals surface area (Å²) in [5.74, 6) is 1.89. The summed E-state index contributed by atoms with van der Waals surface area (Å²) in [6.45, 7) is 1.77. The lowest BCUT2D eigenvalue weighted by molar-refractivity contribution is 0.414. The normalized spacial score (nSPS) is 17.5. The molecule has 0 bridgehead atoms. The molecule has 2 heterocycles. The molecule has 124 valence electrons. The lowest BCUT2D eigenvalue weighted by atomic mass is 9.81. The summed E-state index contributed by atoms with van der Waals surface area (Å²) in [5, 5.41) is 0.806. The molecule has 3 nitrogen and oxygen atoms in total. The Kier molecular flexibility index (Phi) is 4.05. The number of rotatable bonds is 3. The number of benzene rings is 1. The van der Waals surface area contributed by atoms with Gasteiger partial charge in [0.15, 0.2) is 0 Å². The summed E-state index contributed by atoms with van der Waals surface area (Å²) in [6, 6.07) is 8.22. The van der Waals surface area contributed by atoms with Crippen LogP contribution in [0.1, 0.15) is 24.0 Å². The Balaban J connectivity index is 1.70. The van der Waals surface area contributed by atoms with Crippen molar-refractivity contribution in [3.63, 3.8) is 0 Å². The summed E-state index contributed by atoms with van der Waals surface area (Å²) in [7, 11) is 1.69. The van der Waals surface area contributed by atoms with Crippen molar-refractivity contribution in [1.82, 2.24) is 4.98 Å². The maximum absolute atomic E-state index is 6.66. The topological polar surface area (TPSA) is 25.4 Å². The summed E-state index contributed by atoms with van der Waals surface area (Å²) < 4.78 is 6.12. The first kappa shape index (κ1) is 16.0. The number of aromatic nitrogens is 1. The summed E-state index contributed by atoms with van der Waals surface area (Å²) in [4.78, 5) is 7.04. The first-order valence-corrected chi connectivity index (χ1v) is 9.17. The Morgan fingerprint density at radius 3 is 2.62 bits per heavy atom. The number of pyridine rings is 1. The van der Waals surface area contributed by atoms with Crippen molar-refractivity contribution in [3.8, 4) is 5.75 Å². The molecule has 5 heteroatoms. The minimum Gasteiger partial charge on any atom is -0.497 e. The molecular formula is C19H18BrClN2O. The Morgan fingerprint density at radius 1 is 1.25 bits per heavy atom. The summed E-state index contributed by atoms with van der Waals surface area (Å²) >= 11 is 10.2. The van der Waals surface area contributed by atoms with Gasteiger partial charge in [0, 0.05) is 30.3 Å². The zero-order chi connectivity index (χ0) is 16.7. The van der Waals surface area contributed by atoms with Gasteiger partial charge in [-0.1, -0.05) is 35.9 Å². The van der Waals surface area contributed by atoms with Gasteiger partial charge in [-0.3, -0.25) is 0 Å². The average molecular weight is 406 g/mol. The van der Waals surface area contributed by atoms with Gasteiger partial charge >= 0.3 is 0 Å². The number of allylic oxidation sites excluding steroid dienone is 2. The van der Waals surface area contributed by atoms with Crippen molar-refractivity contribution in [2.75, 3.05) is 18.6 Å². The van der Waals surface area contributed by atoms with Crippen LogP contribution >= 0.6 is 27.5 Å². The standard InChI is InChI=1S/C19H18BrClN2O/c1-24-14-6-4-13(5-7-14)11-23-12-19(8-2-3-9-19)16-17(21)15(20)10-22-18(16)23/h2-7,10H,8-9,11-12H2,1H3. The molecule has 0 fully saturated rings.